The molecule has 3 aliphatic rings. The molecule has 3 aliphatic heterocycles. The molecule has 1 atom stereocenters. The zero-order valence-corrected chi connectivity index (χ0v) is 26.8. The van der Waals surface area contributed by atoms with E-state index in [1.165, 1.54) is 6.08 Å². The number of carbonyl (C=O) groups excluding carboxylic acids is 2. The molecule has 6 heterocycles. The van der Waals surface area contributed by atoms with Crippen LogP contribution < -0.4 is 15.5 Å². The Morgan fingerprint density at radius 2 is 1.79 bits per heavy atom. The Bertz CT molecular complexity index is 1780. The van der Waals surface area contributed by atoms with Crippen molar-refractivity contribution in [1.82, 2.24) is 35.1 Å². The van der Waals surface area contributed by atoms with Gasteiger partial charge in [-0.15, -0.1) is 0 Å². The second-order valence-corrected chi connectivity index (χ2v) is 12.6. The number of morpholine rings is 1. The number of benzene rings is 1. The minimum Gasteiger partial charge on any atom is -0.378 e. The highest BCUT2D eigenvalue weighted by Crippen LogP contribution is 2.30. The Morgan fingerprint density at radius 3 is 2.58 bits per heavy atom. The fraction of sp³-hybridized carbons (Fsp3) is 0.400. The van der Waals surface area contributed by atoms with Gasteiger partial charge in [0.05, 0.1) is 18.6 Å². The number of halogens is 1. The van der Waals surface area contributed by atoms with Gasteiger partial charge in [-0.3, -0.25) is 24.4 Å². The summed E-state index contributed by atoms with van der Waals surface area (Å²) in [7, 11) is 0. The minimum absolute atomic E-state index is 0.133. The number of nitrogens with one attached hydrogen (secondary N) is 3. The highest BCUT2D eigenvalue weighted by atomic mass is 19.1. The van der Waals surface area contributed by atoms with E-state index in [4.69, 9.17) is 4.74 Å². The van der Waals surface area contributed by atoms with Gasteiger partial charge in [0, 0.05) is 56.3 Å². The molecule has 1 aromatic carbocycles. The topological polar surface area (TPSA) is 132 Å². The Balaban J connectivity index is 0.942. The number of carbonyl (C=O) groups is 2. The molecule has 250 valence electrons. The molecule has 13 heteroatoms. The number of hydrogen-bond donors (Lipinski definition) is 3. The largest absolute Gasteiger partial charge is 0.378 e. The van der Waals surface area contributed by atoms with Crippen LogP contribution in [0.4, 0.5) is 15.9 Å². The van der Waals surface area contributed by atoms with Gasteiger partial charge in [0.25, 0.3) is 11.8 Å². The van der Waals surface area contributed by atoms with E-state index >= 15 is 0 Å². The third kappa shape index (κ3) is 7.53. The van der Waals surface area contributed by atoms with Gasteiger partial charge in [-0.2, -0.15) is 0 Å². The molecule has 0 spiro atoms. The SMILES string of the molecule is O=C(N[C@H]1CCCN(Cc2ccnc(C(=O)Nc3ccc(-c4cc5c(N6CCOCC6)ncnc5[nH]4)cc3)c2)C1)/C(F)=C/CN1CCC1. The maximum absolute atomic E-state index is 14.4. The number of aromatic nitrogens is 4. The number of pyridine rings is 1. The minimum atomic E-state index is -0.718. The maximum atomic E-state index is 14.4. The highest BCUT2D eigenvalue weighted by Gasteiger charge is 2.24. The molecule has 3 fully saturated rings. The van der Waals surface area contributed by atoms with Gasteiger partial charge in [0.15, 0.2) is 5.83 Å². The van der Waals surface area contributed by atoms with E-state index in [0.29, 0.717) is 44.2 Å². The standard InChI is InChI=1S/C35H40FN9O3/c36-29(9-14-43-12-2-13-43)34(46)41-27-3-1-11-44(22-27)21-24-8-10-37-31(19-24)35(47)40-26-6-4-25(5-7-26)30-20-28-32(42-30)38-23-39-33(28)45-15-17-48-18-16-45/h4-10,19-20,23,27H,1-3,11-18,21-22H2,(H,40,47)(H,41,46)(H,38,39,42)/b29-9-/t27-/m0/s1. The lowest BCUT2D eigenvalue weighted by atomic mass is 10.0. The smallest absolute Gasteiger partial charge is 0.279 e. The number of hydrogen-bond acceptors (Lipinski definition) is 9. The molecule has 12 nitrogen and oxygen atoms in total. The second-order valence-electron chi connectivity index (χ2n) is 12.6. The number of amides is 2. The van der Waals surface area contributed by atoms with Gasteiger partial charge in [-0.1, -0.05) is 12.1 Å². The Labute approximate surface area is 278 Å². The van der Waals surface area contributed by atoms with Gasteiger partial charge in [0.2, 0.25) is 0 Å². The average Bonchev–Trinajstić information content (AvgIpc) is 3.53. The second kappa shape index (κ2) is 14.6. The molecule has 0 aliphatic carbocycles. The Morgan fingerprint density at radius 1 is 0.979 bits per heavy atom. The third-order valence-corrected chi connectivity index (χ3v) is 9.17. The summed E-state index contributed by atoms with van der Waals surface area (Å²) in [5.41, 5.74) is 4.56. The summed E-state index contributed by atoms with van der Waals surface area (Å²) in [6.45, 7) is 7.37. The molecule has 0 radical (unpaired) electrons. The number of ether oxygens (including phenoxy) is 1. The van der Waals surface area contributed by atoms with Crippen molar-refractivity contribution < 1.29 is 18.7 Å². The summed E-state index contributed by atoms with van der Waals surface area (Å²) < 4.78 is 19.8. The van der Waals surface area contributed by atoms with Gasteiger partial charge >= 0.3 is 0 Å². The molecule has 0 unspecified atom stereocenters. The van der Waals surface area contributed by atoms with Crippen LogP contribution in [-0.2, 0) is 16.1 Å². The number of anilines is 2. The summed E-state index contributed by atoms with van der Waals surface area (Å²) in [5, 5.41) is 6.77. The molecule has 7 rings (SSSR count). The molecule has 2 amide bonds. The molecular formula is C35H40FN9O3. The monoisotopic (exact) mass is 653 g/mol. The molecule has 4 aromatic rings. The number of aromatic amines is 1. The molecular weight excluding hydrogens is 613 g/mol. The Hall–Kier alpha value is -4.72. The summed E-state index contributed by atoms with van der Waals surface area (Å²) in [5.74, 6) is -0.770. The highest BCUT2D eigenvalue weighted by molar-refractivity contribution is 6.03. The van der Waals surface area contributed by atoms with E-state index in [-0.39, 0.29) is 11.9 Å². The van der Waals surface area contributed by atoms with Crippen LogP contribution in [0.25, 0.3) is 22.3 Å². The lowest BCUT2D eigenvalue weighted by Crippen LogP contribution is -2.47. The summed E-state index contributed by atoms with van der Waals surface area (Å²) in [6.07, 6.45) is 7.40. The molecule has 3 N–H and O–H groups in total. The summed E-state index contributed by atoms with van der Waals surface area (Å²) in [4.78, 5) is 48.8. The van der Waals surface area contributed by atoms with E-state index in [1.54, 1.807) is 18.6 Å². The predicted octanol–water partition coefficient (Wildman–Crippen LogP) is 3.75. The van der Waals surface area contributed by atoms with Crippen molar-refractivity contribution in [2.75, 3.05) is 69.2 Å². The van der Waals surface area contributed by atoms with Gasteiger partial charge < -0.3 is 25.3 Å². The molecule has 3 aromatic heterocycles. The van der Waals surface area contributed by atoms with Crippen LogP contribution in [0.1, 0.15) is 35.3 Å². The van der Waals surface area contributed by atoms with Gasteiger partial charge in [0.1, 0.15) is 23.5 Å². The van der Waals surface area contributed by atoms with E-state index < -0.39 is 11.7 Å². The first-order valence-electron chi connectivity index (χ1n) is 16.6. The van der Waals surface area contributed by atoms with Gasteiger partial charge in [-0.25, -0.2) is 14.4 Å². The average molecular weight is 654 g/mol. The van der Waals surface area contributed by atoms with Crippen LogP contribution in [0.5, 0.6) is 0 Å². The van der Waals surface area contributed by atoms with E-state index in [2.05, 4.69) is 51.3 Å². The molecule has 0 bridgehead atoms. The fourth-order valence-corrected chi connectivity index (χ4v) is 6.43. The lowest BCUT2D eigenvalue weighted by Gasteiger charge is -2.33. The lowest BCUT2D eigenvalue weighted by molar-refractivity contribution is -0.120. The van der Waals surface area contributed by atoms with Crippen molar-refractivity contribution in [3.63, 3.8) is 0 Å². The number of fused-ring (bicyclic) bond motifs is 1. The van der Waals surface area contributed by atoms with Crippen molar-refractivity contribution in [2.45, 2.75) is 31.8 Å². The van der Waals surface area contributed by atoms with E-state index in [9.17, 15) is 14.0 Å². The Kier molecular flexibility index (Phi) is 9.68. The zero-order valence-electron chi connectivity index (χ0n) is 26.8. The van der Waals surface area contributed by atoms with Crippen molar-refractivity contribution >= 4 is 34.4 Å². The van der Waals surface area contributed by atoms with E-state index in [1.807, 2.05) is 30.3 Å². The quantitative estimate of drug-likeness (QED) is 0.219. The summed E-state index contributed by atoms with van der Waals surface area (Å²) >= 11 is 0. The molecule has 48 heavy (non-hydrogen) atoms. The van der Waals surface area contributed by atoms with Crippen molar-refractivity contribution in [2.24, 2.45) is 0 Å². The van der Waals surface area contributed by atoms with Crippen molar-refractivity contribution in [1.29, 1.82) is 0 Å². The first kappa shape index (κ1) is 31.9. The number of H-pyrrole nitrogens is 1. The van der Waals surface area contributed by atoms with Crippen LogP contribution in [0, 0.1) is 0 Å². The number of piperidine rings is 1. The van der Waals surface area contributed by atoms with E-state index in [0.717, 1.165) is 85.7 Å². The zero-order chi connectivity index (χ0) is 32.9. The fourth-order valence-electron chi connectivity index (χ4n) is 6.43. The van der Waals surface area contributed by atoms with Crippen LogP contribution >= 0.6 is 0 Å². The molecule has 3 saturated heterocycles. The van der Waals surface area contributed by atoms with Crippen molar-refractivity contribution in [3.05, 3.63) is 78.1 Å². The van der Waals surface area contributed by atoms with Crippen molar-refractivity contribution in [3.8, 4) is 11.3 Å². The maximum Gasteiger partial charge on any atom is 0.279 e. The number of nitrogens with zero attached hydrogens (tertiary/aromatic N) is 6. The predicted molar refractivity (Wildman–Crippen MR) is 181 cm³/mol. The van der Waals surface area contributed by atoms with Crippen LogP contribution in [-0.4, -0.2) is 107 Å². The van der Waals surface area contributed by atoms with Crippen LogP contribution in [0.15, 0.2) is 66.9 Å². The van der Waals surface area contributed by atoms with Crippen LogP contribution in [0.3, 0.4) is 0 Å². The normalized spacial score (nSPS) is 19.2. The first-order chi connectivity index (χ1) is 23.5. The number of likely N-dealkylation sites (tertiary alicyclic amines) is 2. The van der Waals surface area contributed by atoms with Gasteiger partial charge in [-0.05, 0) is 86.4 Å². The summed E-state index contributed by atoms with van der Waals surface area (Å²) in [6, 6.07) is 13.2. The van der Waals surface area contributed by atoms with Crippen LogP contribution in [0.2, 0.25) is 0 Å². The molecule has 0 saturated carbocycles. The third-order valence-electron chi connectivity index (χ3n) is 9.17. The first-order valence-corrected chi connectivity index (χ1v) is 16.6. The number of rotatable bonds is 10.